The first kappa shape index (κ1) is 11.7. The highest BCUT2D eigenvalue weighted by Gasteiger charge is 2.05. The molecule has 0 fully saturated rings. The van der Waals surface area contributed by atoms with Crippen LogP contribution in [0.2, 0.25) is 0 Å². The van der Waals surface area contributed by atoms with Gasteiger partial charge in [-0.2, -0.15) is 11.3 Å². The minimum atomic E-state index is 0.142. The predicted octanol–water partition coefficient (Wildman–Crippen LogP) is 2.95. The quantitative estimate of drug-likeness (QED) is 0.707. The van der Waals surface area contributed by atoms with E-state index in [4.69, 9.17) is 10.5 Å². The summed E-state index contributed by atoms with van der Waals surface area (Å²) < 4.78 is 5.47. The molecular weight excluding hydrogens is 194 g/mol. The lowest BCUT2D eigenvalue weighted by molar-refractivity contribution is 0.124. The van der Waals surface area contributed by atoms with Crippen molar-refractivity contribution in [3.63, 3.8) is 0 Å². The fourth-order valence-corrected chi connectivity index (χ4v) is 1.94. The molecule has 0 bridgehead atoms. The molecule has 1 rings (SSSR count). The molecule has 2 N–H and O–H groups in total. The summed E-state index contributed by atoms with van der Waals surface area (Å²) in [6, 6.07) is 2.23. The second-order valence-corrected chi connectivity index (χ2v) is 4.20. The zero-order chi connectivity index (χ0) is 10.2. The monoisotopic (exact) mass is 213 g/mol. The van der Waals surface area contributed by atoms with Crippen LogP contribution in [0.1, 0.15) is 37.8 Å². The first-order valence-electron chi connectivity index (χ1n) is 5.20. The molecule has 3 heteroatoms. The first-order valence-corrected chi connectivity index (χ1v) is 6.14. The van der Waals surface area contributed by atoms with Crippen LogP contribution in [0.25, 0.3) is 0 Å². The maximum atomic E-state index is 5.98. The van der Waals surface area contributed by atoms with Crippen molar-refractivity contribution in [1.82, 2.24) is 0 Å². The average Bonchev–Trinajstić information content (AvgIpc) is 2.70. The van der Waals surface area contributed by atoms with Crippen molar-refractivity contribution in [2.45, 2.75) is 32.2 Å². The molecule has 0 radical (unpaired) electrons. The van der Waals surface area contributed by atoms with Crippen molar-refractivity contribution in [2.24, 2.45) is 5.73 Å². The lowest BCUT2D eigenvalue weighted by atomic mass is 10.1. The Morgan fingerprint density at radius 1 is 1.50 bits per heavy atom. The molecular formula is C11H19NOS. The number of thiophene rings is 1. The van der Waals surface area contributed by atoms with Crippen LogP contribution in [0.5, 0.6) is 0 Å². The summed E-state index contributed by atoms with van der Waals surface area (Å²) in [5.41, 5.74) is 7.21. The van der Waals surface area contributed by atoms with Crippen molar-refractivity contribution < 1.29 is 4.74 Å². The summed E-state index contributed by atoms with van der Waals surface area (Å²) in [5, 5.41) is 4.17. The van der Waals surface area contributed by atoms with Crippen LogP contribution in [0.15, 0.2) is 16.8 Å². The molecule has 14 heavy (non-hydrogen) atoms. The number of ether oxygens (including phenoxy) is 1. The molecule has 80 valence electrons. The Hall–Kier alpha value is -0.380. The van der Waals surface area contributed by atoms with E-state index in [9.17, 15) is 0 Å². The third kappa shape index (κ3) is 4.22. The fraction of sp³-hybridized carbons (Fsp3) is 0.636. The molecule has 1 aromatic heterocycles. The minimum Gasteiger partial charge on any atom is -0.381 e. The van der Waals surface area contributed by atoms with Gasteiger partial charge in [0, 0.05) is 19.3 Å². The normalized spacial score (nSPS) is 13.0. The largest absolute Gasteiger partial charge is 0.381 e. The van der Waals surface area contributed by atoms with Gasteiger partial charge in [0.05, 0.1) is 0 Å². The van der Waals surface area contributed by atoms with Gasteiger partial charge in [0.1, 0.15) is 0 Å². The maximum absolute atomic E-state index is 5.98. The molecule has 0 aromatic carbocycles. The molecule has 1 atom stereocenters. The number of rotatable bonds is 7. The van der Waals surface area contributed by atoms with E-state index in [0.717, 1.165) is 26.1 Å². The maximum Gasteiger partial charge on any atom is 0.0484 e. The van der Waals surface area contributed by atoms with Crippen molar-refractivity contribution in [3.8, 4) is 0 Å². The summed E-state index contributed by atoms with van der Waals surface area (Å²) in [4.78, 5) is 0. The van der Waals surface area contributed by atoms with Gasteiger partial charge in [0.25, 0.3) is 0 Å². The highest BCUT2D eigenvalue weighted by Crippen LogP contribution is 2.16. The van der Waals surface area contributed by atoms with Crippen LogP contribution in [0.4, 0.5) is 0 Å². The van der Waals surface area contributed by atoms with E-state index in [1.807, 2.05) is 0 Å². The summed E-state index contributed by atoms with van der Waals surface area (Å²) >= 11 is 1.69. The number of nitrogens with two attached hydrogens (primary N) is 1. The van der Waals surface area contributed by atoms with E-state index in [-0.39, 0.29) is 6.04 Å². The van der Waals surface area contributed by atoms with Crippen LogP contribution < -0.4 is 5.73 Å². The van der Waals surface area contributed by atoms with Crippen LogP contribution in [-0.2, 0) is 4.74 Å². The smallest absolute Gasteiger partial charge is 0.0484 e. The molecule has 0 saturated carbocycles. The van der Waals surface area contributed by atoms with Gasteiger partial charge in [0.15, 0.2) is 0 Å². The standard InChI is InChI=1S/C11H19NOS/c1-2-3-6-13-7-4-11(12)10-5-8-14-9-10/h5,8-9,11H,2-4,6-7,12H2,1H3. The van der Waals surface area contributed by atoms with Gasteiger partial charge < -0.3 is 10.5 Å². The van der Waals surface area contributed by atoms with E-state index < -0.39 is 0 Å². The second-order valence-electron chi connectivity index (χ2n) is 3.42. The Morgan fingerprint density at radius 3 is 3.00 bits per heavy atom. The third-order valence-corrected chi connectivity index (χ3v) is 2.89. The molecule has 1 aromatic rings. The van der Waals surface area contributed by atoms with E-state index >= 15 is 0 Å². The average molecular weight is 213 g/mol. The number of hydrogen-bond acceptors (Lipinski definition) is 3. The van der Waals surface area contributed by atoms with Crippen LogP contribution in [-0.4, -0.2) is 13.2 Å². The van der Waals surface area contributed by atoms with Gasteiger partial charge in [-0.15, -0.1) is 0 Å². The van der Waals surface area contributed by atoms with Gasteiger partial charge in [-0.25, -0.2) is 0 Å². The third-order valence-electron chi connectivity index (χ3n) is 2.19. The molecule has 2 nitrogen and oxygen atoms in total. The van der Waals surface area contributed by atoms with Gasteiger partial charge in [-0.3, -0.25) is 0 Å². The Balaban J connectivity index is 2.07. The molecule has 1 unspecified atom stereocenters. The molecule has 0 aliphatic rings. The topological polar surface area (TPSA) is 35.2 Å². The SMILES string of the molecule is CCCCOCCC(N)c1ccsc1. The van der Waals surface area contributed by atoms with E-state index in [1.165, 1.54) is 12.0 Å². The fourth-order valence-electron chi connectivity index (χ4n) is 1.21. The van der Waals surface area contributed by atoms with E-state index in [0.29, 0.717) is 0 Å². The molecule has 0 aliphatic heterocycles. The van der Waals surface area contributed by atoms with Crippen molar-refractivity contribution >= 4 is 11.3 Å². The summed E-state index contributed by atoms with van der Waals surface area (Å²) in [5.74, 6) is 0. The Kier molecular flexibility index (Phi) is 5.83. The Labute approximate surface area is 90.1 Å². The molecule has 0 amide bonds. The Bertz CT molecular complexity index is 223. The van der Waals surface area contributed by atoms with E-state index in [1.54, 1.807) is 11.3 Å². The lowest BCUT2D eigenvalue weighted by Gasteiger charge is -2.09. The zero-order valence-electron chi connectivity index (χ0n) is 8.74. The van der Waals surface area contributed by atoms with Crippen molar-refractivity contribution in [1.29, 1.82) is 0 Å². The highest BCUT2D eigenvalue weighted by molar-refractivity contribution is 7.07. The van der Waals surface area contributed by atoms with Gasteiger partial charge >= 0.3 is 0 Å². The van der Waals surface area contributed by atoms with Crippen molar-refractivity contribution in [2.75, 3.05) is 13.2 Å². The van der Waals surface area contributed by atoms with Crippen LogP contribution in [0, 0.1) is 0 Å². The molecule has 0 aliphatic carbocycles. The van der Waals surface area contributed by atoms with Crippen LogP contribution >= 0.6 is 11.3 Å². The highest BCUT2D eigenvalue weighted by atomic mass is 32.1. The number of unbranched alkanes of at least 4 members (excludes halogenated alkanes) is 1. The number of hydrogen-bond donors (Lipinski definition) is 1. The van der Waals surface area contributed by atoms with Gasteiger partial charge in [-0.05, 0) is 35.2 Å². The summed E-state index contributed by atoms with van der Waals surface area (Å²) in [6.07, 6.45) is 3.25. The summed E-state index contributed by atoms with van der Waals surface area (Å²) in [7, 11) is 0. The lowest BCUT2D eigenvalue weighted by Crippen LogP contribution is -2.12. The first-order chi connectivity index (χ1) is 6.84. The zero-order valence-corrected chi connectivity index (χ0v) is 9.56. The van der Waals surface area contributed by atoms with Gasteiger partial charge in [0.2, 0.25) is 0 Å². The van der Waals surface area contributed by atoms with Crippen LogP contribution in [0.3, 0.4) is 0 Å². The molecule has 0 saturated heterocycles. The molecule has 1 heterocycles. The summed E-state index contributed by atoms with van der Waals surface area (Å²) in [6.45, 7) is 3.81. The predicted molar refractivity (Wildman–Crippen MR) is 61.6 cm³/mol. The van der Waals surface area contributed by atoms with Crippen molar-refractivity contribution in [3.05, 3.63) is 22.4 Å². The Morgan fingerprint density at radius 2 is 2.36 bits per heavy atom. The second kappa shape index (κ2) is 6.98. The van der Waals surface area contributed by atoms with E-state index in [2.05, 4.69) is 23.8 Å². The minimum absolute atomic E-state index is 0.142. The van der Waals surface area contributed by atoms with Gasteiger partial charge in [-0.1, -0.05) is 13.3 Å². The molecule has 0 spiro atoms.